The lowest BCUT2D eigenvalue weighted by Gasteiger charge is -2.67. The molecule has 10 nitrogen and oxygen atoms in total. The van der Waals surface area contributed by atoms with Gasteiger partial charge in [-0.25, -0.2) is 9.59 Å². The molecule has 0 unspecified atom stereocenters. The van der Waals surface area contributed by atoms with Crippen LogP contribution >= 0.6 is 0 Å². The number of carbonyl (C=O) groups excluding carboxylic acids is 5. The molecule has 0 bridgehead atoms. The summed E-state index contributed by atoms with van der Waals surface area (Å²) in [6, 6.07) is 16.2. The second-order valence-electron chi connectivity index (χ2n) is 13.8. The summed E-state index contributed by atoms with van der Waals surface area (Å²) in [4.78, 5) is 67.9. The fourth-order valence-corrected chi connectivity index (χ4v) is 8.45. The normalized spacial score (nSPS) is 36.4. The lowest BCUT2D eigenvalue weighted by Crippen LogP contribution is -2.80. The lowest BCUT2D eigenvalue weighted by molar-refractivity contribution is -0.290. The number of rotatable bonds is 6. The zero-order chi connectivity index (χ0) is 33.8. The van der Waals surface area contributed by atoms with Gasteiger partial charge in [0.15, 0.2) is 11.4 Å². The van der Waals surface area contributed by atoms with Gasteiger partial charge < -0.3 is 24.4 Å². The summed E-state index contributed by atoms with van der Waals surface area (Å²) in [6.07, 6.45) is -5.20. The van der Waals surface area contributed by atoms with Crippen LogP contribution in [-0.2, 0) is 28.6 Å². The average molecular weight is 633 g/mol. The van der Waals surface area contributed by atoms with Gasteiger partial charge in [-0.1, -0.05) is 63.2 Å². The summed E-state index contributed by atoms with van der Waals surface area (Å²) in [6.45, 7) is 11.4. The van der Waals surface area contributed by atoms with Gasteiger partial charge in [-0.3, -0.25) is 14.4 Å². The second kappa shape index (κ2) is 11.6. The van der Waals surface area contributed by atoms with Crippen LogP contribution in [0.25, 0.3) is 0 Å². The molecule has 2 N–H and O–H groups in total. The van der Waals surface area contributed by atoms with Gasteiger partial charge in [0.2, 0.25) is 0 Å². The van der Waals surface area contributed by atoms with E-state index in [0.29, 0.717) is 0 Å². The highest BCUT2D eigenvalue weighted by Gasteiger charge is 2.78. The maximum Gasteiger partial charge on any atom is 0.338 e. The van der Waals surface area contributed by atoms with E-state index >= 15 is 0 Å². The third-order valence-electron chi connectivity index (χ3n) is 10.6. The van der Waals surface area contributed by atoms with Crippen molar-refractivity contribution in [3.63, 3.8) is 0 Å². The highest BCUT2D eigenvalue weighted by atomic mass is 16.6. The van der Waals surface area contributed by atoms with E-state index in [4.69, 9.17) is 14.2 Å². The average Bonchev–Trinajstić information content (AvgIpc) is 3.02. The van der Waals surface area contributed by atoms with Crippen LogP contribution in [-0.4, -0.2) is 69.7 Å². The number of ether oxygens (including phenoxy) is 3. The fourth-order valence-electron chi connectivity index (χ4n) is 8.45. The first-order valence-electron chi connectivity index (χ1n) is 15.3. The summed E-state index contributed by atoms with van der Waals surface area (Å²) < 4.78 is 17.7. The molecule has 3 aliphatic carbocycles. The highest BCUT2D eigenvalue weighted by molar-refractivity contribution is 6.06. The number of benzene rings is 2. The zero-order valence-corrected chi connectivity index (χ0v) is 26.6. The molecule has 0 saturated heterocycles. The molecule has 3 saturated carbocycles. The minimum Gasteiger partial charge on any atom is -0.459 e. The van der Waals surface area contributed by atoms with Gasteiger partial charge in [0.1, 0.15) is 30.2 Å². The largest absolute Gasteiger partial charge is 0.459 e. The van der Waals surface area contributed by atoms with Crippen molar-refractivity contribution in [2.24, 2.45) is 28.1 Å². The SMILES string of the molecule is C=C[C@]1(C)CC(=O)[C@@H]2[C@](O)(C1=O)[C@@H](OC(C)=O)C[C@H]1C(C)(C)[C@@H](OC(=O)c3ccccc3)[C@H](O)[C@@H](OC(=O)c3ccccc3)[C@]21C. The molecule has 0 amide bonds. The van der Waals surface area contributed by atoms with Crippen molar-refractivity contribution in [1.82, 2.24) is 0 Å². The number of ketones is 2. The Kier molecular flexibility index (Phi) is 8.36. The third kappa shape index (κ3) is 4.98. The van der Waals surface area contributed by atoms with Crippen molar-refractivity contribution in [3.05, 3.63) is 84.4 Å². The molecule has 0 aliphatic heterocycles. The Morgan fingerprint density at radius 2 is 1.35 bits per heavy atom. The van der Waals surface area contributed by atoms with Gasteiger partial charge in [-0.05, 0) is 43.5 Å². The Morgan fingerprint density at radius 1 is 0.848 bits per heavy atom. The molecule has 0 radical (unpaired) electrons. The first kappa shape index (κ1) is 33.2. The maximum atomic E-state index is 14.3. The summed E-state index contributed by atoms with van der Waals surface area (Å²) in [5.74, 6) is -6.01. The number of carbonyl (C=O) groups is 5. The van der Waals surface area contributed by atoms with Crippen LogP contribution in [0.1, 0.15) is 68.2 Å². The van der Waals surface area contributed by atoms with Crippen LogP contribution in [0.4, 0.5) is 0 Å². The van der Waals surface area contributed by atoms with Crippen LogP contribution in [0.3, 0.4) is 0 Å². The number of fused-ring (bicyclic) bond motifs is 3. The quantitative estimate of drug-likeness (QED) is 0.273. The van der Waals surface area contributed by atoms with E-state index in [2.05, 4.69) is 6.58 Å². The van der Waals surface area contributed by atoms with Crippen molar-refractivity contribution in [2.45, 2.75) is 77.5 Å². The van der Waals surface area contributed by atoms with E-state index in [0.717, 1.165) is 6.92 Å². The Morgan fingerprint density at radius 3 is 1.83 bits per heavy atom. The highest BCUT2D eigenvalue weighted by Crippen LogP contribution is 2.66. The van der Waals surface area contributed by atoms with Crippen molar-refractivity contribution in [2.75, 3.05) is 0 Å². The first-order valence-corrected chi connectivity index (χ1v) is 15.3. The molecule has 46 heavy (non-hydrogen) atoms. The molecule has 244 valence electrons. The van der Waals surface area contributed by atoms with Crippen LogP contribution in [0.2, 0.25) is 0 Å². The van der Waals surface area contributed by atoms with E-state index in [9.17, 15) is 34.2 Å². The fraction of sp³-hybridized carbons (Fsp3) is 0.472. The monoisotopic (exact) mass is 632 g/mol. The second-order valence-corrected chi connectivity index (χ2v) is 13.8. The molecule has 2 aromatic carbocycles. The van der Waals surface area contributed by atoms with Crippen LogP contribution in [0.5, 0.6) is 0 Å². The summed E-state index contributed by atoms with van der Waals surface area (Å²) in [5.41, 5.74) is -6.41. The van der Waals surface area contributed by atoms with Crippen molar-refractivity contribution < 1.29 is 48.4 Å². The van der Waals surface area contributed by atoms with E-state index in [1.807, 2.05) is 0 Å². The van der Waals surface area contributed by atoms with Crippen molar-refractivity contribution >= 4 is 29.5 Å². The maximum absolute atomic E-state index is 14.3. The molecule has 10 heteroatoms. The van der Waals surface area contributed by atoms with E-state index in [1.54, 1.807) is 69.3 Å². The van der Waals surface area contributed by atoms with Gasteiger partial charge in [0.25, 0.3) is 0 Å². The summed E-state index contributed by atoms with van der Waals surface area (Å²) in [7, 11) is 0. The summed E-state index contributed by atoms with van der Waals surface area (Å²) >= 11 is 0. The molecule has 3 fully saturated rings. The molecule has 2 aromatic rings. The van der Waals surface area contributed by atoms with Gasteiger partial charge in [0, 0.05) is 24.2 Å². The number of hydrogen-bond acceptors (Lipinski definition) is 10. The molecule has 0 heterocycles. The van der Waals surface area contributed by atoms with Gasteiger partial charge in [0.05, 0.1) is 22.5 Å². The zero-order valence-electron chi connectivity index (χ0n) is 26.6. The van der Waals surface area contributed by atoms with Gasteiger partial charge in [-0.2, -0.15) is 0 Å². The van der Waals surface area contributed by atoms with E-state index < -0.39 is 87.6 Å². The number of esters is 3. The Labute approximate surface area is 267 Å². The number of Topliss-reactive ketones (excluding diaryl/α,β-unsaturated/α-hetero) is 2. The minimum atomic E-state index is -2.55. The van der Waals surface area contributed by atoms with Crippen LogP contribution < -0.4 is 0 Å². The molecule has 0 spiro atoms. The standard InChI is InChI=1S/C36H40O10/c1-7-34(5)19-23(38)27-35(6)24(18-25(44-20(2)37)36(27,43)32(34)42)33(3,4)28(45-30(40)21-14-10-8-11-15-21)26(39)29(35)46-31(41)22-16-12-9-13-17-22/h7-17,24-29,39,43H,1,18-19H2,2-6H3/t24-,25-,26-,27-,28-,29+,34+,35-,36-/m0/s1. The molecule has 9 atom stereocenters. The number of aliphatic hydroxyl groups is 2. The molecule has 3 aliphatic rings. The number of allylic oxidation sites excluding steroid dienone is 1. The predicted molar refractivity (Wildman–Crippen MR) is 164 cm³/mol. The van der Waals surface area contributed by atoms with Crippen LogP contribution in [0.15, 0.2) is 73.3 Å². The van der Waals surface area contributed by atoms with Crippen molar-refractivity contribution in [3.8, 4) is 0 Å². The van der Waals surface area contributed by atoms with E-state index in [1.165, 1.54) is 25.1 Å². The molecule has 0 aromatic heterocycles. The van der Waals surface area contributed by atoms with Gasteiger partial charge in [-0.15, -0.1) is 6.58 Å². The molecular weight excluding hydrogens is 592 g/mol. The van der Waals surface area contributed by atoms with Crippen LogP contribution in [0, 0.1) is 28.1 Å². The number of hydrogen-bond donors (Lipinski definition) is 2. The first-order chi connectivity index (χ1) is 21.5. The topological polar surface area (TPSA) is 154 Å². The number of aliphatic hydroxyl groups excluding tert-OH is 1. The smallest absolute Gasteiger partial charge is 0.338 e. The molecular formula is C36H40O10. The minimum absolute atomic E-state index is 0.159. The summed E-state index contributed by atoms with van der Waals surface area (Å²) in [5, 5.41) is 24.6. The Bertz CT molecular complexity index is 1570. The third-order valence-corrected chi connectivity index (χ3v) is 10.6. The van der Waals surface area contributed by atoms with E-state index in [-0.39, 0.29) is 24.0 Å². The van der Waals surface area contributed by atoms with Crippen molar-refractivity contribution in [1.29, 1.82) is 0 Å². The lowest BCUT2D eigenvalue weighted by atomic mass is 9.39. The Hall–Kier alpha value is -4.15. The molecule has 5 rings (SSSR count). The van der Waals surface area contributed by atoms with Gasteiger partial charge >= 0.3 is 17.9 Å². The Balaban J connectivity index is 1.70. The predicted octanol–water partition coefficient (Wildman–Crippen LogP) is 3.88.